The second kappa shape index (κ2) is 9.01. The van der Waals surface area contributed by atoms with Crippen LogP contribution in [0.4, 0.5) is 10.7 Å². The molecule has 2 aromatic rings. The smallest absolute Gasteiger partial charge is 0.341 e. The lowest BCUT2D eigenvalue weighted by atomic mass is 10.1. The summed E-state index contributed by atoms with van der Waals surface area (Å²) in [5.74, 6) is -1.55. The lowest BCUT2D eigenvalue weighted by Crippen LogP contribution is -2.22. The summed E-state index contributed by atoms with van der Waals surface area (Å²) >= 11 is 6.39. The van der Waals surface area contributed by atoms with Gasteiger partial charge in [-0.05, 0) is 31.6 Å². The Morgan fingerprint density at radius 2 is 2.00 bits per heavy atom. The van der Waals surface area contributed by atoms with E-state index in [2.05, 4.69) is 15.7 Å². The molecule has 0 aliphatic carbocycles. The van der Waals surface area contributed by atoms with Crippen molar-refractivity contribution < 1.29 is 19.1 Å². The number of anilines is 2. The Labute approximate surface area is 177 Å². The molecule has 2 rings (SSSR count). The van der Waals surface area contributed by atoms with Gasteiger partial charge in [-0.25, -0.2) is 4.79 Å². The Balaban J connectivity index is 2.36. The number of methoxy groups -OCH3 is 1. The monoisotopic (exact) mass is 438 g/mol. The van der Waals surface area contributed by atoms with Gasteiger partial charge in [0.25, 0.3) is 11.8 Å². The van der Waals surface area contributed by atoms with Gasteiger partial charge >= 0.3 is 5.97 Å². The predicted octanol–water partition coefficient (Wildman–Crippen LogP) is 1.67. The fraction of sp³-hybridized carbons (Fsp3) is 0.353. The fourth-order valence-electron chi connectivity index (χ4n) is 2.47. The number of carbonyl (C=O) groups is 3. The van der Waals surface area contributed by atoms with Crippen LogP contribution < -0.4 is 16.4 Å². The topological polar surface area (TPSA) is 132 Å². The first-order chi connectivity index (χ1) is 13.6. The first kappa shape index (κ1) is 22.3. The molecule has 0 spiro atoms. The SMILES string of the molecule is CCn1cc(NC(=S)Nc2sc(C(=O)N(C)C)c(C)c2C(=O)OC)c(C(N)=O)n1. The number of thiocarbonyl (C=S) groups is 1. The van der Waals surface area contributed by atoms with Crippen molar-refractivity contribution in [2.45, 2.75) is 20.4 Å². The molecule has 0 aromatic carbocycles. The Morgan fingerprint density at radius 3 is 2.52 bits per heavy atom. The van der Waals surface area contributed by atoms with Crippen LogP contribution in [0.3, 0.4) is 0 Å². The Hall–Kier alpha value is -2.99. The molecule has 0 unspecified atom stereocenters. The lowest BCUT2D eigenvalue weighted by molar-refractivity contribution is 0.0601. The van der Waals surface area contributed by atoms with Crippen molar-refractivity contribution in [1.29, 1.82) is 0 Å². The van der Waals surface area contributed by atoms with E-state index in [4.69, 9.17) is 22.7 Å². The summed E-state index contributed by atoms with van der Waals surface area (Å²) in [6.45, 7) is 4.06. The Morgan fingerprint density at radius 1 is 1.34 bits per heavy atom. The van der Waals surface area contributed by atoms with Gasteiger partial charge in [-0.3, -0.25) is 14.3 Å². The Bertz CT molecular complexity index is 979. The van der Waals surface area contributed by atoms with Crippen molar-refractivity contribution in [3.05, 3.63) is 27.9 Å². The number of aromatic nitrogens is 2. The van der Waals surface area contributed by atoms with Gasteiger partial charge in [0.2, 0.25) is 0 Å². The zero-order valence-electron chi connectivity index (χ0n) is 16.7. The van der Waals surface area contributed by atoms with Crippen LogP contribution in [0, 0.1) is 6.92 Å². The van der Waals surface area contributed by atoms with Gasteiger partial charge < -0.3 is 26.0 Å². The summed E-state index contributed by atoms with van der Waals surface area (Å²) in [5, 5.41) is 10.3. The van der Waals surface area contributed by atoms with E-state index in [1.54, 1.807) is 27.2 Å². The summed E-state index contributed by atoms with van der Waals surface area (Å²) in [4.78, 5) is 38.1. The molecule has 0 saturated carbocycles. The van der Waals surface area contributed by atoms with Crippen LogP contribution in [-0.4, -0.2) is 58.8 Å². The lowest BCUT2D eigenvalue weighted by Gasteiger charge is -2.10. The maximum Gasteiger partial charge on any atom is 0.341 e. The van der Waals surface area contributed by atoms with Crippen molar-refractivity contribution in [2.24, 2.45) is 5.73 Å². The number of primary amides is 1. The third kappa shape index (κ3) is 4.71. The minimum atomic E-state index is -0.705. The number of nitrogens with one attached hydrogen (secondary N) is 2. The molecule has 0 aliphatic rings. The zero-order valence-corrected chi connectivity index (χ0v) is 18.3. The number of carbonyl (C=O) groups excluding carboxylic acids is 3. The zero-order chi connectivity index (χ0) is 21.9. The molecule has 2 heterocycles. The molecule has 156 valence electrons. The number of rotatable bonds is 6. The van der Waals surface area contributed by atoms with Gasteiger partial charge in [-0.2, -0.15) is 5.10 Å². The number of esters is 1. The molecule has 4 N–H and O–H groups in total. The van der Waals surface area contributed by atoms with Gasteiger partial charge in [-0.15, -0.1) is 11.3 Å². The molecule has 2 amide bonds. The quantitative estimate of drug-likeness (QED) is 0.458. The maximum atomic E-state index is 12.4. The number of amides is 2. The van der Waals surface area contributed by atoms with Gasteiger partial charge in [0, 0.05) is 26.8 Å². The third-order valence-corrected chi connectivity index (χ3v) is 5.33. The van der Waals surface area contributed by atoms with Crippen molar-refractivity contribution in [3.63, 3.8) is 0 Å². The first-order valence-corrected chi connectivity index (χ1v) is 9.71. The summed E-state index contributed by atoms with van der Waals surface area (Å²) < 4.78 is 6.38. The standard InChI is InChI=1S/C17H22N6O4S2/c1-6-23-7-9(11(21-23)13(18)24)19-17(28)20-14-10(16(26)27-5)8(2)12(29-14)15(25)22(3)4/h7H,6H2,1-5H3,(H2,18,24)(H2,19,20,28). The fourth-order valence-corrected chi connectivity index (χ4v) is 3.97. The molecule has 0 saturated heterocycles. The summed E-state index contributed by atoms with van der Waals surface area (Å²) in [7, 11) is 4.50. The molecule has 12 heteroatoms. The molecular weight excluding hydrogens is 416 g/mol. The van der Waals surface area contributed by atoms with Crippen molar-refractivity contribution in [1.82, 2.24) is 14.7 Å². The van der Waals surface area contributed by atoms with E-state index in [0.29, 0.717) is 27.7 Å². The summed E-state index contributed by atoms with van der Waals surface area (Å²) in [5.41, 5.74) is 6.43. The van der Waals surface area contributed by atoms with E-state index in [1.165, 1.54) is 16.7 Å². The van der Waals surface area contributed by atoms with Crippen molar-refractivity contribution in [2.75, 3.05) is 31.8 Å². The summed E-state index contributed by atoms with van der Waals surface area (Å²) in [6.07, 6.45) is 1.59. The number of hydrogen-bond donors (Lipinski definition) is 3. The molecule has 10 nitrogen and oxygen atoms in total. The largest absolute Gasteiger partial charge is 0.465 e. The van der Waals surface area contributed by atoms with Gasteiger partial charge in [-0.1, -0.05) is 0 Å². The van der Waals surface area contributed by atoms with E-state index < -0.39 is 11.9 Å². The predicted molar refractivity (Wildman–Crippen MR) is 115 cm³/mol. The molecular formula is C17H22N6O4S2. The average Bonchev–Trinajstić information content (AvgIpc) is 3.21. The van der Waals surface area contributed by atoms with Crippen molar-refractivity contribution >= 4 is 57.1 Å². The van der Waals surface area contributed by atoms with Gasteiger partial charge in [0.1, 0.15) is 5.00 Å². The number of nitrogens with two attached hydrogens (primary N) is 1. The van der Waals surface area contributed by atoms with E-state index in [-0.39, 0.29) is 22.3 Å². The normalized spacial score (nSPS) is 10.4. The number of nitrogens with zero attached hydrogens (tertiary/aromatic N) is 3. The average molecular weight is 439 g/mol. The van der Waals surface area contributed by atoms with Gasteiger partial charge in [0.05, 0.1) is 23.2 Å². The van der Waals surface area contributed by atoms with Crippen LogP contribution in [0.2, 0.25) is 0 Å². The second-order valence-corrected chi connectivity index (χ2v) is 7.57. The molecule has 2 aromatic heterocycles. The highest BCUT2D eigenvalue weighted by Crippen LogP contribution is 2.34. The number of ether oxygens (including phenoxy) is 1. The molecule has 0 atom stereocenters. The van der Waals surface area contributed by atoms with Crippen LogP contribution >= 0.6 is 23.6 Å². The highest BCUT2D eigenvalue weighted by atomic mass is 32.1. The van der Waals surface area contributed by atoms with E-state index >= 15 is 0 Å². The van der Waals surface area contributed by atoms with Gasteiger partial charge in [0.15, 0.2) is 10.8 Å². The van der Waals surface area contributed by atoms with Crippen LogP contribution in [0.1, 0.15) is 43.0 Å². The van der Waals surface area contributed by atoms with Crippen LogP contribution in [0.15, 0.2) is 6.20 Å². The summed E-state index contributed by atoms with van der Waals surface area (Å²) in [6, 6.07) is 0. The minimum absolute atomic E-state index is 0.0371. The maximum absolute atomic E-state index is 12.4. The minimum Gasteiger partial charge on any atom is -0.465 e. The molecule has 0 aliphatic heterocycles. The molecule has 29 heavy (non-hydrogen) atoms. The highest BCUT2D eigenvalue weighted by Gasteiger charge is 2.27. The first-order valence-electron chi connectivity index (χ1n) is 8.49. The highest BCUT2D eigenvalue weighted by molar-refractivity contribution is 7.80. The number of thiophene rings is 1. The van der Waals surface area contributed by atoms with E-state index in [1.807, 2.05) is 6.92 Å². The van der Waals surface area contributed by atoms with Crippen LogP contribution in [-0.2, 0) is 11.3 Å². The number of aryl methyl sites for hydroxylation is 1. The van der Waals surface area contributed by atoms with E-state index in [0.717, 1.165) is 11.3 Å². The van der Waals surface area contributed by atoms with Crippen LogP contribution in [0.5, 0.6) is 0 Å². The number of hydrogen-bond acceptors (Lipinski definition) is 7. The second-order valence-electron chi connectivity index (χ2n) is 6.14. The third-order valence-electron chi connectivity index (χ3n) is 3.93. The van der Waals surface area contributed by atoms with E-state index in [9.17, 15) is 14.4 Å². The Kier molecular flexibility index (Phi) is 6.93. The molecule has 0 bridgehead atoms. The van der Waals surface area contributed by atoms with Crippen molar-refractivity contribution in [3.8, 4) is 0 Å². The van der Waals surface area contributed by atoms with Crippen LogP contribution in [0.25, 0.3) is 0 Å². The molecule has 0 fully saturated rings. The molecule has 0 radical (unpaired) electrons.